The molecule has 1 aliphatic carbocycles. The molecule has 0 unspecified atom stereocenters. The number of benzene rings is 1. The van der Waals surface area contributed by atoms with Gasteiger partial charge in [0.2, 0.25) is 0 Å². The van der Waals surface area contributed by atoms with Gasteiger partial charge in [-0.05, 0) is 30.5 Å². The molecule has 2 aromatic rings. The minimum atomic E-state index is -3.82. The maximum Gasteiger partial charge on any atom is 0.341 e. The van der Waals surface area contributed by atoms with Crippen LogP contribution in [0, 0.1) is 0 Å². The average molecular weight is 482 g/mol. The third kappa shape index (κ3) is 3.71. The maximum absolute atomic E-state index is 13.1. The molecule has 1 aromatic heterocycles. The topological polar surface area (TPSA) is 121 Å². The predicted octanol–water partition coefficient (Wildman–Crippen LogP) is 2.28. The Hall–Kier alpha value is -2.40. The van der Waals surface area contributed by atoms with E-state index in [2.05, 4.69) is 0 Å². The van der Waals surface area contributed by atoms with Crippen LogP contribution >= 0.6 is 11.6 Å². The molecule has 1 saturated heterocycles. The van der Waals surface area contributed by atoms with E-state index in [0.29, 0.717) is 25.5 Å². The monoisotopic (exact) mass is 481 g/mol. The highest BCUT2D eigenvalue weighted by Gasteiger charge is 2.37. The first-order valence-corrected chi connectivity index (χ1v) is 12.2. The molecule has 5 rings (SSSR count). The van der Waals surface area contributed by atoms with Crippen molar-refractivity contribution in [1.29, 1.82) is 0 Å². The second-order valence-corrected chi connectivity index (χ2v) is 10.4. The summed E-state index contributed by atoms with van der Waals surface area (Å²) in [6.45, 7) is 1.48. The number of aromatic nitrogens is 1. The van der Waals surface area contributed by atoms with E-state index in [1.54, 1.807) is 0 Å². The van der Waals surface area contributed by atoms with Crippen LogP contribution in [0.2, 0.25) is 5.02 Å². The normalized spacial score (nSPS) is 21.5. The number of halogens is 1. The van der Waals surface area contributed by atoms with Crippen molar-refractivity contribution >= 4 is 27.4 Å². The number of aromatic carboxylic acids is 1. The van der Waals surface area contributed by atoms with Crippen molar-refractivity contribution in [3.05, 3.63) is 44.7 Å². The van der Waals surface area contributed by atoms with Gasteiger partial charge in [-0.2, -0.15) is 0 Å². The molecule has 0 bridgehead atoms. The Bertz CT molecular complexity index is 1280. The Morgan fingerprint density at radius 1 is 1.25 bits per heavy atom. The number of carbonyl (C=O) groups is 1. The zero-order valence-corrected chi connectivity index (χ0v) is 18.4. The van der Waals surface area contributed by atoms with E-state index in [0.717, 1.165) is 18.9 Å². The first-order valence-electron chi connectivity index (χ1n) is 10.2. The Balaban J connectivity index is 1.62. The van der Waals surface area contributed by atoms with Crippen molar-refractivity contribution in [1.82, 2.24) is 4.57 Å². The number of nitrogens with zero attached hydrogens (tertiary/aromatic N) is 1. The first-order chi connectivity index (χ1) is 15.3. The fraction of sp³-hybridized carbons (Fsp3) is 0.429. The van der Waals surface area contributed by atoms with Crippen LogP contribution in [-0.2, 0) is 25.1 Å². The number of carboxylic acid groups (broad SMARTS) is 1. The highest BCUT2D eigenvalue weighted by Crippen LogP contribution is 2.46. The van der Waals surface area contributed by atoms with E-state index < -0.39 is 32.7 Å². The summed E-state index contributed by atoms with van der Waals surface area (Å²) in [7, 11) is -3.82. The molecule has 11 heteroatoms. The summed E-state index contributed by atoms with van der Waals surface area (Å²) in [4.78, 5) is 24.5. The molecule has 1 N–H and O–H groups in total. The fourth-order valence-corrected chi connectivity index (χ4v) is 5.90. The van der Waals surface area contributed by atoms with Gasteiger partial charge in [-0.15, -0.1) is 0 Å². The number of hydrogen-bond acceptors (Lipinski definition) is 7. The van der Waals surface area contributed by atoms with Gasteiger partial charge in [0.15, 0.2) is 9.84 Å². The highest BCUT2D eigenvalue weighted by molar-refractivity contribution is 7.90. The van der Waals surface area contributed by atoms with Crippen LogP contribution in [0.5, 0.6) is 5.75 Å². The van der Waals surface area contributed by atoms with Gasteiger partial charge >= 0.3 is 5.97 Å². The Morgan fingerprint density at radius 3 is 2.69 bits per heavy atom. The zero-order valence-electron chi connectivity index (χ0n) is 16.9. The summed E-state index contributed by atoms with van der Waals surface area (Å²) in [5, 5.41) is 9.63. The molecule has 3 heterocycles. The van der Waals surface area contributed by atoms with Crippen molar-refractivity contribution in [2.45, 2.75) is 35.6 Å². The van der Waals surface area contributed by atoms with E-state index in [1.807, 2.05) is 0 Å². The van der Waals surface area contributed by atoms with E-state index in [1.165, 1.54) is 16.7 Å². The quantitative estimate of drug-likeness (QED) is 0.690. The molecule has 2 fully saturated rings. The molecule has 0 spiro atoms. The Morgan fingerprint density at radius 2 is 2.03 bits per heavy atom. The second-order valence-electron chi connectivity index (χ2n) is 8.06. The van der Waals surface area contributed by atoms with E-state index >= 15 is 0 Å². The zero-order chi connectivity index (χ0) is 22.6. The van der Waals surface area contributed by atoms with Crippen molar-refractivity contribution in [2.24, 2.45) is 0 Å². The van der Waals surface area contributed by atoms with Crippen LogP contribution in [-0.4, -0.2) is 56.6 Å². The third-order valence-electron chi connectivity index (χ3n) is 5.73. The fourth-order valence-electron chi connectivity index (χ4n) is 4.12. The lowest BCUT2D eigenvalue weighted by molar-refractivity contribution is -0.101. The summed E-state index contributed by atoms with van der Waals surface area (Å²) in [6, 6.07) is 3.84. The molecule has 0 radical (unpaired) electrons. The molecular weight excluding hydrogens is 462 g/mol. The third-order valence-corrected chi connectivity index (χ3v) is 7.73. The van der Waals surface area contributed by atoms with Crippen molar-refractivity contribution < 1.29 is 32.5 Å². The van der Waals surface area contributed by atoms with E-state index in [9.17, 15) is 23.1 Å². The van der Waals surface area contributed by atoms with Crippen molar-refractivity contribution in [3.8, 4) is 17.0 Å². The Labute approximate surface area is 188 Å². The summed E-state index contributed by atoms with van der Waals surface area (Å²) in [5.41, 5.74) is -0.115. The number of carboxylic acids is 1. The van der Waals surface area contributed by atoms with Crippen molar-refractivity contribution in [2.75, 3.05) is 26.4 Å². The lowest BCUT2D eigenvalue weighted by atomic mass is 10.0. The minimum Gasteiger partial charge on any atom is -0.489 e. The molecule has 9 nitrogen and oxygen atoms in total. The Kier molecular flexibility index (Phi) is 5.28. The number of ether oxygens (including phenoxy) is 3. The van der Waals surface area contributed by atoms with E-state index in [4.69, 9.17) is 25.8 Å². The van der Waals surface area contributed by atoms with Crippen LogP contribution < -0.4 is 10.3 Å². The standard InChI is InChI=1S/C21H20ClNO8S/c22-16-6-14-18(7-17(16)31-9-13-8-29-3-4-30-13)32(27,28)10-11-5-15(21(25)26)20(24)23(19(11)14)12-1-2-12/h5-7,12-13H,1-4,8-10H2,(H,25,26)/t13-/m0/s1. The van der Waals surface area contributed by atoms with Crippen molar-refractivity contribution in [3.63, 3.8) is 0 Å². The number of sulfone groups is 1. The summed E-state index contributed by atoms with van der Waals surface area (Å²) in [6.07, 6.45) is 1.15. The molecule has 1 saturated carbocycles. The molecular formula is C21H20ClNO8S. The minimum absolute atomic E-state index is 0.00193. The SMILES string of the molecule is O=C(O)c1cc2c(n(C3CC3)c1=O)-c1cc(Cl)c(OC[C@@H]3COCCO3)cc1S(=O)(=O)C2. The molecule has 3 aliphatic rings. The molecule has 2 aliphatic heterocycles. The molecule has 1 atom stereocenters. The van der Waals surface area contributed by atoms with Gasteiger partial charge in [-0.1, -0.05) is 11.6 Å². The molecule has 0 amide bonds. The van der Waals surface area contributed by atoms with Gasteiger partial charge in [0.25, 0.3) is 5.56 Å². The molecule has 170 valence electrons. The van der Waals surface area contributed by atoms with Crippen LogP contribution in [0.25, 0.3) is 11.3 Å². The van der Waals surface area contributed by atoms with Gasteiger partial charge in [-0.25, -0.2) is 13.2 Å². The van der Waals surface area contributed by atoms with Gasteiger partial charge in [0.05, 0.1) is 41.2 Å². The number of pyridine rings is 1. The van der Waals surface area contributed by atoms with Crippen LogP contribution in [0.15, 0.2) is 27.9 Å². The average Bonchev–Trinajstić information content (AvgIpc) is 3.58. The van der Waals surface area contributed by atoms with Crippen LogP contribution in [0.3, 0.4) is 0 Å². The highest BCUT2D eigenvalue weighted by atomic mass is 35.5. The summed E-state index contributed by atoms with van der Waals surface area (Å²) < 4.78 is 44.2. The predicted molar refractivity (Wildman–Crippen MR) is 113 cm³/mol. The number of fused-ring (bicyclic) bond motifs is 3. The number of hydrogen-bond donors (Lipinski definition) is 1. The summed E-state index contributed by atoms with van der Waals surface area (Å²) >= 11 is 6.43. The van der Waals surface area contributed by atoms with Gasteiger partial charge < -0.3 is 23.9 Å². The number of rotatable bonds is 5. The molecule has 1 aromatic carbocycles. The van der Waals surface area contributed by atoms with Gasteiger partial charge in [0.1, 0.15) is 24.0 Å². The summed E-state index contributed by atoms with van der Waals surface area (Å²) in [5.74, 6) is -1.61. The van der Waals surface area contributed by atoms with Gasteiger partial charge in [-0.3, -0.25) is 4.79 Å². The van der Waals surface area contributed by atoms with Crippen LogP contribution in [0.4, 0.5) is 0 Å². The van der Waals surface area contributed by atoms with E-state index in [-0.39, 0.29) is 45.5 Å². The first kappa shape index (κ1) is 21.4. The van der Waals surface area contributed by atoms with Gasteiger partial charge in [0, 0.05) is 17.7 Å². The lowest BCUT2D eigenvalue weighted by Crippen LogP contribution is -2.33. The second kappa shape index (κ2) is 7.87. The molecule has 32 heavy (non-hydrogen) atoms. The lowest BCUT2D eigenvalue weighted by Gasteiger charge is -2.26. The smallest absolute Gasteiger partial charge is 0.341 e. The largest absolute Gasteiger partial charge is 0.489 e. The maximum atomic E-state index is 13.1. The van der Waals surface area contributed by atoms with Crippen LogP contribution in [0.1, 0.15) is 34.8 Å².